The van der Waals surface area contributed by atoms with Crippen LogP contribution < -0.4 is 4.74 Å². The van der Waals surface area contributed by atoms with E-state index in [0.29, 0.717) is 44.6 Å². The number of hydrogen-bond acceptors (Lipinski definition) is 4. The van der Waals surface area contributed by atoms with Gasteiger partial charge in [-0.2, -0.15) is 0 Å². The molecule has 0 saturated carbocycles. The molecule has 2 saturated heterocycles. The minimum atomic E-state index is -0.264. The van der Waals surface area contributed by atoms with Crippen molar-refractivity contribution in [3.8, 4) is 5.75 Å². The van der Waals surface area contributed by atoms with Crippen LogP contribution in [0.15, 0.2) is 24.3 Å². The summed E-state index contributed by atoms with van der Waals surface area (Å²) in [4.78, 5) is 16.9. The van der Waals surface area contributed by atoms with Gasteiger partial charge in [0.15, 0.2) is 0 Å². The van der Waals surface area contributed by atoms with Crippen molar-refractivity contribution < 1.29 is 18.7 Å². The lowest BCUT2D eigenvalue weighted by molar-refractivity contribution is -0.140. The van der Waals surface area contributed by atoms with Crippen molar-refractivity contribution in [3.63, 3.8) is 0 Å². The first-order valence-electron chi connectivity index (χ1n) is 8.61. The molecule has 0 bridgehead atoms. The molecule has 3 rings (SSSR count). The van der Waals surface area contributed by atoms with Crippen LogP contribution in [0.4, 0.5) is 4.39 Å². The van der Waals surface area contributed by atoms with Gasteiger partial charge in [-0.15, -0.1) is 0 Å². The summed E-state index contributed by atoms with van der Waals surface area (Å²) in [6.07, 6.45) is 0. The van der Waals surface area contributed by atoms with E-state index in [4.69, 9.17) is 9.47 Å². The first-order valence-corrected chi connectivity index (χ1v) is 8.61. The molecular formula is C18H25FN2O3. The van der Waals surface area contributed by atoms with Crippen LogP contribution in [0, 0.1) is 17.7 Å². The zero-order valence-electron chi connectivity index (χ0n) is 14.1. The first-order chi connectivity index (χ1) is 11.6. The van der Waals surface area contributed by atoms with Crippen LogP contribution >= 0.6 is 0 Å². The second-order valence-electron chi connectivity index (χ2n) is 6.58. The number of amides is 1. The van der Waals surface area contributed by atoms with Crippen LogP contribution in [0.3, 0.4) is 0 Å². The van der Waals surface area contributed by atoms with Crippen molar-refractivity contribution in [1.82, 2.24) is 9.80 Å². The monoisotopic (exact) mass is 336 g/mol. The Labute approximate surface area is 142 Å². The van der Waals surface area contributed by atoms with Crippen molar-refractivity contribution in [1.29, 1.82) is 0 Å². The maximum Gasteiger partial charge on any atom is 0.227 e. The predicted molar refractivity (Wildman–Crippen MR) is 88.4 cm³/mol. The lowest BCUT2D eigenvalue weighted by Gasteiger charge is -2.30. The van der Waals surface area contributed by atoms with Crippen LogP contribution in [0.1, 0.15) is 6.92 Å². The van der Waals surface area contributed by atoms with E-state index in [1.807, 2.05) is 4.90 Å². The van der Waals surface area contributed by atoms with Crippen LogP contribution in [-0.4, -0.2) is 68.3 Å². The highest BCUT2D eigenvalue weighted by Crippen LogP contribution is 2.25. The molecule has 0 unspecified atom stereocenters. The molecule has 24 heavy (non-hydrogen) atoms. The highest BCUT2D eigenvalue weighted by Gasteiger charge is 2.37. The van der Waals surface area contributed by atoms with Gasteiger partial charge in [-0.3, -0.25) is 9.69 Å². The summed E-state index contributed by atoms with van der Waals surface area (Å²) < 4.78 is 23.8. The zero-order valence-corrected chi connectivity index (χ0v) is 14.1. The van der Waals surface area contributed by atoms with Crippen LogP contribution in [0.5, 0.6) is 5.75 Å². The van der Waals surface area contributed by atoms with E-state index >= 15 is 0 Å². The number of likely N-dealkylation sites (tertiary alicyclic amines) is 1. The average molecular weight is 336 g/mol. The van der Waals surface area contributed by atoms with E-state index < -0.39 is 0 Å². The zero-order chi connectivity index (χ0) is 16.9. The van der Waals surface area contributed by atoms with Gasteiger partial charge in [0.25, 0.3) is 0 Å². The molecule has 1 amide bonds. The number of carbonyl (C=O) groups excluding carboxylic acids is 1. The van der Waals surface area contributed by atoms with E-state index in [1.54, 1.807) is 12.1 Å². The third-order valence-corrected chi connectivity index (χ3v) is 4.82. The largest absolute Gasteiger partial charge is 0.492 e. The fraction of sp³-hybridized carbons (Fsp3) is 0.611. The van der Waals surface area contributed by atoms with Crippen LogP contribution in [0.25, 0.3) is 0 Å². The highest BCUT2D eigenvalue weighted by molar-refractivity contribution is 5.79. The maximum absolute atomic E-state index is 12.9. The van der Waals surface area contributed by atoms with Gasteiger partial charge in [-0.25, -0.2) is 4.39 Å². The molecule has 0 N–H and O–H groups in total. The van der Waals surface area contributed by atoms with E-state index in [1.165, 1.54) is 12.1 Å². The summed E-state index contributed by atoms with van der Waals surface area (Å²) in [5, 5.41) is 0. The number of nitrogens with zero attached hydrogens (tertiary/aromatic N) is 2. The molecule has 0 radical (unpaired) electrons. The van der Waals surface area contributed by atoms with Gasteiger partial charge >= 0.3 is 0 Å². The van der Waals surface area contributed by atoms with Crippen molar-refractivity contribution >= 4 is 5.91 Å². The quantitative estimate of drug-likeness (QED) is 0.820. The Morgan fingerprint density at radius 3 is 2.67 bits per heavy atom. The minimum absolute atomic E-state index is 0.0638. The molecule has 2 heterocycles. The van der Waals surface area contributed by atoms with Gasteiger partial charge in [-0.05, 0) is 30.2 Å². The Bertz CT molecular complexity index is 546. The topological polar surface area (TPSA) is 42.0 Å². The highest BCUT2D eigenvalue weighted by atomic mass is 19.1. The lowest BCUT2D eigenvalue weighted by atomic mass is 9.96. The summed E-state index contributed by atoms with van der Waals surface area (Å²) >= 11 is 0. The molecule has 2 atom stereocenters. The Kier molecular flexibility index (Phi) is 5.68. The number of carbonyl (C=O) groups is 1. The number of halogens is 1. The summed E-state index contributed by atoms with van der Waals surface area (Å²) in [6, 6.07) is 6.05. The Hall–Kier alpha value is -1.66. The number of rotatable bonds is 5. The number of ether oxygens (including phenoxy) is 2. The first kappa shape index (κ1) is 17.2. The third kappa shape index (κ3) is 4.24. The molecule has 132 valence electrons. The normalized spacial score (nSPS) is 25.0. The molecule has 1 aromatic carbocycles. The second kappa shape index (κ2) is 7.94. The minimum Gasteiger partial charge on any atom is -0.492 e. The van der Waals surface area contributed by atoms with E-state index in [-0.39, 0.29) is 17.6 Å². The molecular weight excluding hydrogens is 311 g/mol. The van der Waals surface area contributed by atoms with Gasteiger partial charge in [0.1, 0.15) is 18.2 Å². The molecule has 1 aromatic rings. The summed E-state index contributed by atoms with van der Waals surface area (Å²) in [6.45, 7) is 7.84. The van der Waals surface area contributed by atoms with Crippen molar-refractivity contribution in [2.24, 2.45) is 11.8 Å². The van der Waals surface area contributed by atoms with Gasteiger partial charge in [0.05, 0.1) is 19.1 Å². The van der Waals surface area contributed by atoms with Gasteiger partial charge in [0, 0.05) is 32.7 Å². The molecule has 0 aliphatic carbocycles. The molecule has 0 aromatic heterocycles. The molecule has 5 nitrogen and oxygen atoms in total. The molecule has 2 fully saturated rings. The molecule has 2 aliphatic heterocycles. The standard InChI is InChI=1S/C18H25FN2O3/c1-14-12-20(6-11-24-16-4-2-15(19)3-5-16)13-17(14)18(22)21-7-9-23-10-8-21/h2-5,14,17H,6-13H2,1H3/t14-,17-/m1/s1. The van der Waals surface area contributed by atoms with Crippen molar-refractivity contribution in [2.75, 3.05) is 52.5 Å². The summed E-state index contributed by atoms with van der Waals surface area (Å²) in [7, 11) is 0. The van der Waals surface area contributed by atoms with Gasteiger partial charge < -0.3 is 14.4 Å². The van der Waals surface area contributed by atoms with Crippen molar-refractivity contribution in [2.45, 2.75) is 6.92 Å². The Morgan fingerprint density at radius 1 is 1.25 bits per heavy atom. The fourth-order valence-corrected chi connectivity index (χ4v) is 3.41. The van der Waals surface area contributed by atoms with Crippen LogP contribution in [0.2, 0.25) is 0 Å². The number of hydrogen-bond donors (Lipinski definition) is 0. The average Bonchev–Trinajstić information content (AvgIpc) is 2.97. The lowest BCUT2D eigenvalue weighted by Crippen LogP contribution is -2.45. The Morgan fingerprint density at radius 2 is 1.96 bits per heavy atom. The smallest absolute Gasteiger partial charge is 0.227 e. The number of benzene rings is 1. The second-order valence-corrected chi connectivity index (χ2v) is 6.58. The van der Waals surface area contributed by atoms with Gasteiger partial charge in [0.2, 0.25) is 5.91 Å². The SMILES string of the molecule is C[C@@H]1CN(CCOc2ccc(F)cc2)C[C@H]1C(=O)N1CCOCC1. The Balaban J connectivity index is 1.44. The summed E-state index contributed by atoms with van der Waals surface area (Å²) in [5.41, 5.74) is 0. The third-order valence-electron chi connectivity index (χ3n) is 4.82. The number of morpholine rings is 1. The van der Waals surface area contributed by atoms with E-state index in [9.17, 15) is 9.18 Å². The fourth-order valence-electron chi connectivity index (χ4n) is 3.41. The van der Waals surface area contributed by atoms with E-state index in [2.05, 4.69) is 11.8 Å². The summed E-state index contributed by atoms with van der Waals surface area (Å²) in [5.74, 6) is 1.08. The van der Waals surface area contributed by atoms with Gasteiger partial charge in [-0.1, -0.05) is 6.92 Å². The maximum atomic E-state index is 12.9. The van der Waals surface area contributed by atoms with Crippen molar-refractivity contribution in [3.05, 3.63) is 30.1 Å². The van der Waals surface area contributed by atoms with Crippen LogP contribution in [-0.2, 0) is 9.53 Å². The molecule has 2 aliphatic rings. The van der Waals surface area contributed by atoms with E-state index in [0.717, 1.165) is 19.6 Å². The molecule has 6 heteroatoms. The predicted octanol–water partition coefficient (Wildman–Crippen LogP) is 1.63. The molecule has 0 spiro atoms.